The molecule has 1 fully saturated rings. The van der Waals surface area contributed by atoms with Gasteiger partial charge in [-0.1, -0.05) is 20.8 Å². The Balaban J connectivity index is 2.23. The largest absolute Gasteiger partial charge is 0.382 e. The predicted molar refractivity (Wildman–Crippen MR) is 75.6 cm³/mol. The Labute approximate surface area is 112 Å². The lowest BCUT2D eigenvalue weighted by Crippen LogP contribution is -2.45. The molecule has 1 saturated carbocycles. The van der Waals surface area contributed by atoms with Gasteiger partial charge in [0, 0.05) is 19.3 Å². The van der Waals surface area contributed by atoms with Crippen LogP contribution in [0.2, 0.25) is 0 Å². The van der Waals surface area contributed by atoms with E-state index >= 15 is 0 Å². The smallest absolute Gasteiger partial charge is 0.0700 e. The molecule has 0 aromatic rings. The standard InChI is InChI=1S/C15H31NO2/c1-14(2,3)13-5-7-15(16,8-6-13)9-10-18-12-11-17-4/h13H,5-12,16H2,1-4H3. The Morgan fingerprint density at radius 3 is 2.22 bits per heavy atom. The minimum atomic E-state index is 0.00875. The van der Waals surface area contributed by atoms with Crippen LogP contribution in [-0.2, 0) is 9.47 Å². The molecular weight excluding hydrogens is 226 g/mol. The molecule has 0 atom stereocenters. The molecule has 1 aliphatic rings. The average Bonchev–Trinajstić information content (AvgIpc) is 2.28. The zero-order valence-electron chi connectivity index (χ0n) is 12.6. The van der Waals surface area contributed by atoms with Crippen LogP contribution in [0, 0.1) is 11.3 Å². The van der Waals surface area contributed by atoms with Gasteiger partial charge >= 0.3 is 0 Å². The van der Waals surface area contributed by atoms with Gasteiger partial charge in [0.25, 0.3) is 0 Å². The van der Waals surface area contributed by atoms with Gasteiger partial charge < -0.3 is 15.2 Å². The van der Waals surface area contributed by atoms with Crippen LogP contribution < -0.4 is 5.73 Å². The molecule has 0 aliphatic heterocycles. The fraction of sp³-hybridized carbons (Fsp3) is 1.00. The Bertz CT molecular complexity index is 227. The van der Waals surface area contributed by atoms with Gasteiger partial charge in [-0.15, -0.1) is 0 Å². The molecule has 3 nitrogen and oxygen atoms in total. The molecule has 0 saturated heterocycles. The third-order valence-corrected chi connectivity index (χ3v) is 4.38. The van der Waals surface area contributed by atoms with Crippen LogP contribution >= 0.6 is 0 Å². The highest BCUT2D eigenvalue weighted by Gasteiger charge is 2.35. The Morgan fingerprint density at radius 2 is 1.72 bits per heavy atom. The maximum Gasteiger partial charge on any atom is 0.0700 e. The van der Waals surface area contributed by atoms with Crippen LogP contribution in [0.15, 0.2) is 0 Å². The molecule has 0 radical (unpaired) electrons. The Kier molecular flexibility index (Phi) is 6.09. The van der Waals surface area contributed by atoms with Crippen molar-refractivity contribution in [1.29, 1.82) is 0 Å². The van der Waals surface area contributed by atoms with E-state index in [1.165, 1.54) is 12.8 Å². The molecule has 0 bridgehead atoms. The van der Waals surface area contributed by atoms with Gasteiger partial charge in [0.1, 0.15) is 0 Å². The van der Waals surface area contributed by atoms with Crippen molar-refractivity contribution in [1.82, 2.24) is 0 Å². The maximum absolute atomic E-state index is 6.47. The molecular formula is C15H31NO2. The molecule has 0 aromatic heterocycles. The lowest BCUT2D eigenvalue weighted by molar-refractivity contribution is 0.0504. The predicted octanol–water partition coefficient (Wildman–Crippen LogP) is 2.97. The molecule has 2 N–H and O–H groups in total. The number of methoxy groups -OCH3 is 1. The second kappa shape index (κ2) is 6.88. The summed E-state index contributed by atoms with van der Waals surface area (Å²) in [7, 11) is 1.70. The summed E-state index contributed by atoms with van der Waals surface area (Å²) in [5.74, 6) is 0.823. The highest BCUT2D eigenvalue weighted by atomic mass is 16.5. The summed E-state index contributed by atoms with van der Waals surface area (Å²) >= 11 is 0. The highest BCUT2D eigenvalue weighted by molar-refractivity contribution is 4.92. The third kappa shape index (κ3) is 5.25. The highest BCUT2D eigenvalue weighted by Crippen LogP contribution is 2.41. The van der Waals surface area contributed by atoms with Gasteiger partial charge in [-0.25, -0.2) is 0 Å². The first-order valence-corrected chi connectivity index (χ1v) is 7.23. The molecule has 3 heteroatoms. The van der Waals surface area contributed by atoms with Crippen LogP contribution in [0.5, 0.6) is 0 Å². The molecule has 1 aliphatic carbocycles. The van der Waals surface area contributed by atoms with Crippen LogP contribution in [0.4, 0.5) is 0 Å². The topological polar surface area (TPSA) is 44.5 Å². The van der Waals surface area contributed by atoms with E-state index in [2.05, 4.69) is 20.8 Å². The van der Waals surface area contributed by atoms with Crippen molar-refractivity contribution in [2.75, 3.05) is 26.9 Å². The van der Waals surface area contributed by atoms with Crippen LogP contribution in [0.25, 0.3) is 0 Å². The van der Waals surface area contributed by atoms with Gasteiger partial charge in [-0.05, 0) is 43.4 Å². The second-order valence-electron chi connectivity index (χ2n) is 6.86. The minimum absolute atomic E-state index is 0.00875. The number of ether oxygens (including phenoxy) is 2. The van der Waals surface area contributed by atoms with E-state index < -0.39 is 0 Å². The molecule has 0 spiro atoms. The summed E-state index contributed by atoms with van der Waals surface area (Å²) in [5.41, 5.74) is 6.90. The van der Waals surface area contributed by atoms with Crippen molar-refractivity contribution < 1.29 is 9.47 Å². The van der Waals surface area contributed by atoms with Crippen LogP contribution in [0.1, 0.15) is 52.9 Å². The first-order valence-electron chi connectivity index (χ1n) is 7.23. The number of hydrogen-bond acceptors (Lipinski definition) is 3. The summed E-state index contributed by atoms with van der Waals surface area (Å²) in [5, 5.41) is 0. The Hall–Kier alpha value is -0.120. The Morgan fingerprint density at radius 1 is 1.11 bits per heavy atom. The number of hydrogen-bond donors (Lipinski definition) is 1. The fourth-order valence-electron chi connectivity index (χ4n) is 2.83. The van der Waals surface area contributed by atoms with Crippen molar-refractivity contribution in [2.45, 2.75) is 58.4 Å². The van der Waals surface area contributed by atoms with Crippen molar-refractivity contribution in [3.63, 3.8) is 0 Å². The fourth-order valence-corrected chi connectivity index (χ4v) is 2.83. The van der Waals surface area contributed by atoms with E-state index in [-0.39, 0.29) is 5.54 Å². The summed E-state index contributed by atoms with van der Waals surface area (Å²) < 4.78 is 10.5. The second-order valence-corrected chi connectivity index (χ2v) is 6.86. The minimum Gasteiger partial charge on any atom is -0.382 e. The summed E-state index contributed by atoms with van der Waals surface area (Å²) in [4.78, 5) is 0. The molecule has 0 amide bonds. The van der Waals surface area contributed by atoms with Gasteiger partial charge in [-0.3, -0.25) is 0 Å². The van der Waals surface area contributed by atoms with E-state index in [0.29, 0.717) is 18.6 Å². The lowest BCUT2D eigenvalue weighted by Gasteiger charge is -2.42. The molecule has 0 unspecified atom stereocenters. The SMILES string of the molecule is COCCOCCC1(N)CCC(C(C)(C)C)CC1. The summed E-state index contributed by atoms with van der Waals surface area (Å²) in [6.07, 6.45) is 5.79. The molecule has 18 heavy (non-hydrogen) atoms. The van der Waals surface area contributed by atoms with Gasteiger partial charge in [-0.2, -0.15) is 0 Å². The van der Waals surface area contributed by atoms with Gasteiger partial charge in [0.2, 0.25) is 0 Å². The number of rotatable bonds is 6. The van der Waals surface area contributed by atoms with Crippen LogP contribution in [0.3, 0.4) is 0 Å². The lowest BCUT2D eigenvalue weighted by atomic mass is 9.67. The molecule has 108 valence electrons. The van der Waals surface area contributed by atoms with E-state index in [0.717, 1.165) is 31.8 Å². The first kappa shape index (κ1) is 15.9. The van der Waals surface area contributed by atoms with Gasteiger partial charge in [0.15, 0.2) is 0 Å². The van der Waals surface area contributed by atoms with E-state index in [1.807, 2.05) is 0 Å². The maximum atomic E-state index is 6.47. The number of nitrogens with two attached hydrogens (primary N) is 1. The normalized spacial score (nSPS) is 29.5. The first-order chi connectivity index (χ1) is 8.37. The van der Waals surface area contributed by atoms with Crippen molar-refractivity contribution in [2.24, 2.45) is 17.1 Å². The molecule has 1 rings (SSSR count). The monoisotopic (exact) mass is 257 g/mol. The summed E-state index contributed by atoms with van der Waals surface area (Å²) in [6.45, 7) is 9.14. The molecule has 0 heterocycles. The van der Waals surface area contributed by atoms with Crippen LogP contribution in [-0.4, -0.2) is 32.5 Å². The zero-order valence-corrected chi connectivity index (χ0v) is 12.6. The third-order valence-electron chi connectivity index (χ3n) is 4.38. The van der Waals surface area contributed by atoms with Crippen molar-refractivity contribution in [3.8, 4) is 0 Å². The van der Waals surface area contributed by atoms with E-state index in [4.69, 9.17) is 15.2 Å². The van der Waals surface area contributed by atoms with Gasteiger partial charge in [0.05, 0.1) is 13.2 Å². The quantitative estimate of drug-likeness (QED) is 0.744. The van der Waals surface area contributed by atoms with Crippen molar-refractivity contribution in [3.05, 3.63) is 0 Å². The van der Waals surface area contributed by atoms with Crippen molar-refractivity contribution >= 4 is 0 Å². The average molecular weight is 257 g/mol. The zero-order chi connectivity index (χ0) is 13.6. The van der Waals surface area contributed by atoms with E-state index in [1.54, 1.807) is 7.11 Å². The van der Waals surface area contributed by atoms with E-state index in [9.17, 15) is 0 Å². The summed E-state index contributed by atoms with van der Waals surface area (Å²) in [6, 6.07) is 0. The molecule has 0 aromatic carbocycles.